The first-order valence-electron chi connectivity index (χ1n) is 15.6. The Morgan fingerprint density at radius 3 is 1.84 bits per heavy atom. The van der Waals surface area contributed by atoms with Gasteiger partial charge < -0.3 is 77.3 Å². The van der Waals surface area contributed by atoms with Crippen LogP contribution in [0.3, 0.4) is 0 Å². The number of fused-ring (bicyclic) bond motifs is 2. The molecular weight excluding hydrogens is 703 g/mol. The second-order valence-corrected chi connectivity index (χ2v) is 12.4. The zero-order chi connectivity index (χ0) is 37.5. The highest BCUT2D eigenvalue weighted by Crippen LogP contribution is 2.35. The molecule has 16 N–H and O–H groups in total. The van der Waals surface area contributed by atoms with Crippen molar-refractivity contribution in [1.29, 1.82) is 0 Å². The molecule has 4 aromatic rings. The molecule has 284 valence electrons. The number of imidazole rings is 2. The molecule has 6 rings (SSSR count). The summed E-state index contributed by atoms with van der Waals surface area (Å²) in [6.07, 6.45) is -0.458. The highest BCUT2D eigenvalue weighted by Gasteiger charge is 2.45. The zero-order valence-electron chi connectivity index (χ0n) is 27.0. The number of phosphoric acid groups is 1. The van der Waals surface area contributed by atoms with Crippen molar-refractivity contribution in [3.8, 4) is 0 Å². The number of unbranched alkanes of at least 4 members (excludes halogenated alkanes) is 3. The van der Waals surface area contributed by atoms with Gasteiger partial charge in [0.2, 0.25) is 5.95 Å². The minimum atomic E-state index is -4.64. The number of nitrogen functional groups attached to an aromatic ring is 2. The number of nitrogens with one attached hydrogen (secondary N) is 1. The molecule has 0 aromatic carbocycles. The molecule has 0 aliphatic carbocycles. The lowest BCUT2D eigenvalue weighted by atomic mass is 10.1. The topological polar surface area (TPSA) is 395 Å². The van der Waals surface area contributed by atoms with E-state index < -0.39 is 70.1 Å². The fourth-order valence-corrected chi connectivity index (χ4v) is 5.37. The van der Waals surface area contributed by atoms with Gasteiger partial charge in [0.15, 0.2) is 40.9 Å². The molecule has 2 saturated heterocycles. The lowest BCUT2D eigenvalue weighted by molar-refractivity contribution is -0.0511. The molecule has 0 amide bonds. The van der Waals surface area contributed by atoms with E-state index in [-0.39, 0.29) is 11.6 Å². The summed E-state index contributed by atoms with van der Waals surface area (Å²) in [5.74, 6) is 0.831. The largest absolute Gasteiger partial charge is 0.466 e. The van der Waals surface area contributed by atoms with Gasteiger partial charge in [-0.05, 0) is 19.4 Å². The van der Waals surface area contributed by atoms with Gasteiger partial charge in [-0.15, -0.1) is 0 Å². The summed E-state index contributed by atoms with van der Waals surface area (Å²) < 4.78 is 22.9. The number of anilines is 3. The summed E-state index contributed by atoms with van der Waals surface area (Å²) in [6.45, 7) is 0.531. The Balaban J connectivity index is 0.000000211. The first-order chi connectivity index (χ1) is 24.2. The first-order valence-corrected chi connectivity index (χ1v) is 17.2. The third kappa shape index (κ3) is 9.58. The normalized spacial score (nSPS) is 26.2. The zero-order valence-corrected chi connectivity index (χ0v) is 27.9. The van der Waals surface area contributed by atoms with Gasteiger partial charge in [-0.2, -0.15) is 0 Å². The SMILES string of the molecule is NCCCCCCNc1nc2c(N)ncnc2n1[C@@H]1O[C@H](CO)[C@@H](O)[C@H]1O.Nc1ncnc2c1ncn2[C@@H]1O[C@H](CO)[C@@H](O)[C@H]1O.O=P(O)(O)O. The highest BCUT2D eigenvalue weighted by molar-refractivity contribution is 7.45. The van der Waals surface area contributed by atoms with Crippen LogP contribution in [0.5, 0.6) is 0 Å². The number of nitrogens with zero attached hydrogens (tertiary/aromatic N) is 8. The Bertz CT molecular complexity index is 1750. The van der Waals surface area contributed by atoms with Gasteiger partial charge in [0.25, 0.3) is 0 Å². The van der Waals surface area contributed by atoms with E-state index in [4.69, 9.17) is 51.0 Å². The van der Waals surface area contributed by atoms with Crippen LogP contribution in [-0.2, 0) is 14.0 Å². The van der Waals surface area contributed by atoms with Crippen LogP contribution in [0.25, 0.3) is 22.3 Å². The van der Waals surface area contributed by atoms with Gasteiger partial charge in [0.05, 0.1) is 19.5 Å². The van der Waals surface area contributed by atoms with Crippen LogP contribution in [0.2, 0.25) is 0 Å². The van der Waals surface area contributed by atoms with Gasteiger partial charge in [0.1, 0.15) is 54.8 Å². The monoisotopic (exact) mass is 746 g/mol. The van der Waals surface area contributed by atoms with E-state index >= 15 is 0 Å². The standard InChI is InChI=1S/C16H27N7O4.C10H13N5O4.H3O4P/c17-5-3-1-2-4-6-19-16-22-10-13(18)20-8-21-14(10)23(16)15-12(26)11(25)9(7-24)27-15;11-8-5-9(13-2-12-8)15(3-14-5)10-7(18)6(17)4(1-16)19-10;1-5(2,3)4/h8-9,11-12,15,24-26H,1-7,17H2,(H,19,22)(H2,18,20,21);2-4,6-7,10,16-18H,1H2,(H2,11,12,13);(H3,1,2,3,4)/t9-,11-,12-,15-;4-,6-,7-,10-;/m11./s1. The molecule has 2 fully saturated rings. The number of hydrogen-bond donors (Lipinski definition) is 13. The summed E-state index contributed by atoms with van der Waals surface area (Å²) in [5.41, 5.74) is 18.6. The number of aromatic nitrogens is 8. The Morgan fingerprint density at radius 1 is 0.745 bits per heavy atom. The molecule has 0 radical (unpaired) electrons. The van der Waals surface area contributed by atoms with Crippen molar-refractivity contribution < 1.29 is 59.4 Å². The van der Waals surface area contributed by atoms with Crippen LogP contribution in [0.15, 0.2) is 19.0 Å². The number of rotatable bonds is 11. The van der Waals surface area contributed by atoms with E-state index in [1.807, 2.05) is 0 Å². The van der Waals surface area contributed by atoms with Gasteiger partial charge in [0, 0.05) is 6.54 Å². The van der Waals surface area contributed by atoms with Crippen molar-refractivity contribution in [3.63, 3.8) is 0 Å². The summed E-state index contributed by atoms with van der Waals surface area (Å²) in [5, 5.41) is 61.8. The van der Waals surface area contributed by atoms with Crippen molar-refractivity contribution >= 4 is 47.7 Å². The lowest BCUT2D eigenvalue weighted by Gasteiger charge is -2.19. The molecule has 24 nitrogen and oxygen atoms in total. The van der Waals surface area contributed by atoms with Crippen LogP contribution in [-0.4, -0.2) is 147 Å². The molecule has 8 atom stereocenters. The van der Waals surface area contributed by atoms with Gasteiger partial charge in [-0.25, -0.2) is 34.5 Å². The molecule has 2 aliphatic rings. The van der Waals surface area contributed by atoms with Crippen molar-refractivity contribution in [2.45, 2.75) is 74.8 Å². The van der Waals surface area contributed by atoms with E-state index in [1.54, 1.807) is 4.57 Å². The predicted molar refractivity (Wildman–Crippen MR) is 176 cm³/mol. The average molecular weight is 747 g/mol. The summed E-state index contributed by atoms with van der Waals surface area (Å²) in [7, 11) is -4.64. The molecule has 0 spiro atoms. The van der Waals surface area contributed by atoms with E-state index in [1.165, 1.54) is 23.5 Å². The van der Waals surface area contributed by atoms with Crippen molar-refractivity contribution in [2.75, 3.05) is 43.1 Å². The Kier molecular flexibility index (Phi) is 13.9. The van der Waals surface area contributed by atoms with E-state index in [0.29, 0.717) is 41.4 Å². The molecule has 0 unspecified atom stereocenters. The van der Waals surface area contributed by atoms with Crippen molar-refractivity contribution in [1.82, 2.24) is 39.0 Å². The molecule has 2 aliphatic heterocycles. The minimum Gasteiger partial charge on any atom is -0.394 e. The maximum Gasteiger partial charge on any atom is 0.466 e. The Morgan fingerprint density at radius 2 is 1.27 bits per heavy atom. The van der Waals surface area contributed by atoms with Gasteiger partial charge in [-0.3, -0.25) is 9.13 Å². The lowest BCUT2D eigenvalue weighted by Crippen LogP contribution is -2.33. The van der Waals surface area contributed by atoms with Crippen molar-refractivity contribution in [2.24, 2.45) is 5.73 Å². The van der Waals surface area contributed by atoms with Gasteiger partial charge in [-0.1, -0.05) is 12.8 Å². The molecule has 51 heavy (non-hydrogen) atoms. The van der Waals surface area contributed by atoms with Crippen molar-refractivity contribution in [3.05, 3.63) is 19.0 Å². The molecular formula is C26H43N12O12P. The predicted octanol–water partition coefficient (Wildman–Crippen LogP) is -3.96. The fraction of sp³-hybridized carbons (Fsp3) is 0.615. The Hall–Kier alpha value is -3.75. The molecule has 0 saturated carbocycles. The van der Waals surface area contributed by atoms with Crippen LogP contribution >= 0.6 is 7.82 Å². The second kappa shape index (κ2) is 17.6. The highest BCUT2D eigenvalue weighted by atomic mass is 31.2. The quantitative estimate of drug-likeness (QED) is 0.0514. The minimum absolute atomic E-state index is 0.205. The summed E-state index contributed by atoms with van der Waals surface area (Å²) in [4.78, 5) is 46.1. The molecule has 6 heterocycles. The second-order valence-electron chi connectivity index (χ2n) is 11.4. The maximum atomic E-state index is 10.4. The number of aliphatic hydroxyl groups is 6. The number of aliphatic hydroxyl groups excluding tert-OH is 6. The number of hydrogen-bond acceptors (Lipinski definition) is 19. The summed E-state index contributed by atoms with van der Waals surface area (Å²) in [6, 6.07) is 0. The molecule has 25 heteroatoms. The van der Waals surface area contributed by atoms with Crippen LogP contribution in [0.1, 0.15) is 38.1 Å². The molecule has 0 bridgehead atoms. The smallest absolute Gasteiger partial charge is 0.394 e. The third-order valence-corrected chi connectivity index (χ3v) is 7.87. The number of nitrogens with two attached hydrogens (primary N) is 3. The van der Waals surface area contributed by atoms with Crippen LogP contribution in [0, 0.1) is 0 Å². The molecule has 4 aromatic heterocycles. The van der Waals surface area contributed by atoms with Gasteiger partial charge >= 0.3 is 7.82 Å². The van der Waals surface area contributed by atoms with E-state index in [0.717, 1.165) is 25.7 Å². The average Bonchev–Trinajstić information content (AvgIpc) is 3.82. The fourth-order valence-electron chi connectivity index (χ4n) is 5.37. The first kappa shape index (κ1) is 40.0. The Labute approximate surface area is 288 Å². The third-order valence-electron chi connectivity index (χ3n) is 7.87. The maximum absolute atomic E-state index is 10.4. The van der Waals surface area contributed by atoms with E-state index in [9.17, 15) is 25.5 Å². The van der Waals surface area contributed by atoms with Crippen LogP contribution in [0.4, 0.5) is 17.6 Å². The van der Waals surface area contributed by atoms with Crippen LogP contribution < -0.4 is 22.5 Å². The summed E-state index contributed by atoms with van der Waals surface area (Å²) >= 11 is 0. The van der Waals surface area contributed by atoms with E-state index in [2.05, 4.69) is 35.2 Å². The number of ether oxygens (including phenoxy) is 2.